The summed E-state index contributed by atoms with van der Waals surface area (Å²) in [5, 5.41) is 3.65. The molecule has 98 valence electrons. The smallest absolute Gasteiger partial charge is 0.0759 e. The standard InChI is InChI=1S/C14H26N2O/c1-14(2)10-16(8-3-7-15-14)12-6-9-17-13(12)11-4-5-11/h11-13,15H,3-10H2,1-2H3. The van der Waals surface area contributed by atoms with Crippen molar-refractivity contribution in [2.24, 2.45) is 5.92 Å². The molecule has 1 N–H and O–H groups in total. The second kappa shape index (κ2) is 4.52. The Morgan fingerprint density at radius 3 is 2.82 bits per heavy atom. The van der Waals surface area contributed by atoms with E-state index in [0.717, 1.165) is 19.1 Å². The zero-order chi connectivity index (χ0) is 11.9. The first kappa shape index (κ1) is 11.9. The van der Waals surface area contributed by atoms with Crippen LogP contribution in [-0.4, -0.2) is 48.8 Å². The number of rotatable bonds is 2. The fourth-order valence-electron chi connectivity index (χ4n) is 3.50. The predicted octanol–water partition coefficient (Wildman–Crippen LogP) is 1.63. The van der Waals surface area contributed by atoms with E-state index in [1.807, 2.05) is 0 Å². The zero-order valence-electron chi connectivity index (χ0n) is 11.2. The van der Waals surface area contributed by atoms with Gasteiger partial charge < -0.3 is 10.1 Å². The van der Waals surface area contributed by atoms with Crippen LogP contribution in [0.5, 0.6) is 0 Å². The van der Waals surface area contributed by atoms with E-state index in [0.29, 0.717) is 12.1 Å². The molecule has 2 heterocycles. The molecule has 17 heavy (non-hydrogen) atoms. The zero-order valence-corrected chi connectivity index (χ0v) is 11.2. The van der Waals surface area contributed by atoms with Gasteiger partial charge in [0, 0.05) is 24.7 Å². The van der Waals surface area contributed by atoms with Crippen molar-refractivity contribution in [2.75, 3.05) is 26.2 Å². The minimum Gasteiger partial charge on any atom is -0.376 e. The molecular formula is C14H26N2O. The van der Waals surface area contributed by atoms with Crippen molar-refractivity contribution in [1.82, 2.24) is 10.2 Å². The summed E-state index contributed by atoms with van der Waals surface area (Å²) in [5.41, 5.74) is 0.257. The highest BCUT2D eigenvalue weighted by Crippen LogP contribution is 2.40. The third-order valence-electron chi connectivity index (χ3n) is 4.48. The molecule has 0 amide bonds. The molecule has 2 saturated heterocycles. The molecule has 2 atom stereocenters. The van der Waals surface area contributed by atoms with Crippen LogP contribution < -0.4 is 5.32 Å². The van der Waals surface area contributed by atoms with Gasteiger partial charge in [-0.15, -0.1) is 0 Å². The third kappa shape index (κ3) is 2.67. The highest BCUT2D eigenvalue weighted by molar-refractivity contribution is 4.97. The van der Waals surface area contributed by atoms with Crippen LogP contribution in [0.3, 0.4) is 0 Å². The van der Waals surface area contributed by atoms with Crippen molar-refractivity contribution >= 4 is 0 Å². The summed E-state index contributed by atoms with van der Waals surface area (Å²) >= 11 is 0. The fourth-order valence-corrected chi connectivity index (χ4v) is 3.50. The molecule has 3 nitrogen and oxygen atoms in total. The van der Waals surface area contributed by atoms with Gasteiger partial charge in [0.05, 0.1) is 6.10 Å². The normalized spacial score (nSPS) is 39.2. The van der Waals surface area contributed by atoms with E-state index in [1.165, 1.54) is 38.8 Å². The van der Waals surface area contributed by atoms with E-state index < -0.39 is 0 Å². The second-order valence-corrected chi connectivity index (χ2v) is 6.66. The van der Waals surface area contributed by atoms with Gasteiger partial charge in [-0.25, -0.2) is 0 Å². The van der Waals surface area contributed by atoms with E-state index in [2.05, 4.69) is 24.1 Å². The molecule has 0 aromatic rings. The van der Waals surface area contributed by atoms with Crippen LogP contribution >= 0.6 is 0 Å². The average Bonchev–Trinajstić information content (AvgIpc) is 3.03. The Labute approximate surface area is 105 Å². The Hall–Kier alpha value is -0.120. The lowest BCUT2D eigenvalue weighted by Crippen LogP contribution is -2.51. The molecule has 3 rings (SSSR count). The van der Waals surface area contributed by atoms with Crippen LogP contribution in [0.25, 0.3) is 0 Å². The first-order valence-electron chi connectivity index (χ1n) is 7.26. The molecule has 0 aromatic heterocycles. The third-order valence-corrected chi connectivity index (χ3v) is 4.48. The molecule has 0 bridgehead atoms. The molecular weight excluding hydrogens is 212 g/mol. The van der Waals surface area contributed by atoms with Crippen molar-refractivity contribution in [3.63, 3.8) is 0 Å². The van der Waals surface area contributed by atoms with Gasteiger partial charge in [-0.2, -0.15) is 0 Å². The van der Waals surface area contributed by atoms with Gasteiger partial charge in [-0.05, 0) is 58.5 Å². The van der Waals surface area contributed by atoms with Gasteiger partial charge in [0.25, 0.3) is 0 Å². The number of ether oxygens (including phenoxy) is 1. The maximum atomic E-state index is 5.99. The Balaban J connectivity index is 1.68. The van der Waals surface area contributed by atoms with Gasteiger partial charge in [-0.3, -0.25) is 4.90 Å². The molecule has 1 aliphatic carbocycles. The van der Waals surface area contributed by atoms with Crippen molar-refractivity contribution in [1.29, 1.82) is 0 Å². The number of hydrogen-bond acceptors (Lipinski definition) is 3. The van der Waals surface area contributed by atoms with E-state index in [-0.39, 0.29) is 5.54 Å². The van der Waals surface area contributed by atoms with E-state index in [4.69, 9.17) is 4.74 Å². The van der Waals surface area contributed by atoms with E-state index >= 15 is 0 Å². The van der Waals surface area contributed by atoms with Crippen LogP contribution in [0.4, 0.5) is 0 Å². The molecule has 2 unspecified atom stereocenters. The lowest BCUT2D eigenvalue weighted by atomic mass is 10.00. The average molecular weight is 238 g/mol. The number of hydrogen-bond donors (Lipinski definition) is 1. The molecule has 0 radical (unpaired) electrons. The Kier molecular flexibility index (Phi) is 3.18. The molecule has 2 aliphatic heterocycles. The highest BCUT2D eigenvalue weighted by atomic mass is 16.5. The summed E-state index contributed by atoms with van der Waals surface area (Å²) in [4.78, 5) is 2.70. The summed E-state index contributed by atoms with van der Waals surface area (Å²) < 4.78 is 5.99. The lowest BCUT2D eigenvalue weighted by molar-refractivity contribution is 0.0414. The molecule has 1 saturated carbocycles. The summed E-state index contributed by atoms with van der Waals surface area (Å²) in [5.74, 6) is 0.877. The van der Waals surface area contributed by atoms with Gasteiger partial charge in [0.2, 0.25) is 0 Å². The lowest BCUT2D eigenvalue weighted by Gasteiger charge is -2.36. The molecule has 0 aromatic carbocycles. The first-order chi connectivity index (χ1) is 8.16. The maximum absolute atomic E-state index is 5.99. The van der Waals surface area contributed by atoms with Gasteiger partial charge >= 0.3 is 0 Å². The monoisotopic (exact) mass is 238 g/mol. The molecule has 3 heteroatoms. The van der Waals surface area contributed by atoms with Crippen LogP contribution in [-0.2, 0) is 4.74 Å². The Morgan fingerprint density at radius 2 is 2.06 bits per heavy atom. The summed E-state index contributed by atoms with van der Waals surface area (Å²) in [7, 11) is 0. The largest absolute Gasteiger partial charge is 0.376 e. The van der Waals surface area contributed by atoms with Crippen molar-refractivity contribution in [2.45, 2.75) is 57.2 Å². The fraction of sp³-hybridized carbons (Fsp3) is 1.00. The van der Waals surface area contributed by atoms with Crippen LogP contribution in [0.2, 0.25) is 0 Å². The molecule has 0 spiro atoms. The van der Waals surface area contributed by atoms with Crippen LogP contribution in [0, 0.1) is 5.92 Å². The SMILES string of the molecule is CC1(C)CN(C2CCOC2C2CC2)CCCN1. The molecule has 3 fully saturated rings. The second-order valence-electron chi connectivity index (χ2n) is 6.66. The summed E-state index contributed by atoms with van der Waals surface area (Å²) in [6.07, 6.45) is 5.87. The van der Waals surface area contributed by atoms with Crippen LogP contribution in [0.15, 0.2) is 0 Å². The Morgan fingerprint density at radius 1 is 1.24 bits per heavy atom. The van der Waals surface area contributed by atoms with E-state index in [1.54, 1.807) is 0 Å². The van der Waals surface area contributed by atoms with E-state index in [9.17, 15) is 0 Å². The molecule has 3 aliphatic rings. The Bertz CT molecular complexity index is 275. The quantitative estimate of drug-likeness (QED) is 0.791. The predicted molar refractivity (Wildman–Crippen MR) is 69.1 cm³/mol. The van der Waals surface area contributed by atoms with Gasteiger partial charge in [0.15, 0.2) is 0 Å². The van der Waals surface area contributed by atoms with Crippen molar-refractivity contribution < 1.29 is 4.74 Å². The van der Waals surface area contributed by atoms with Crippen molar-refractivity contribution in [3.05, 3.63) is 0 Å². The number of nitrogens with zero attached hydrogens (tertiary/aromatic N) is 1. The summed E-state index contributed by atoms with van der Waals surface area (Å²) in [6.45, 7) is 9.21. The highest BCUT2D eigenvalue weighted by Gasteiger charge is 2.44. The minimum absolute atomic E-state index is 0.257. The van der Waals surface area contributed by atoms with Gasteiger partial charge in [0.1, 0.15) is 0 Å². The summed E-state index contributed by atoms with van der Waals surface area (Å²) in [6, 6.07) is 0.696. The van der Waals surface area contributed by atoms with Crippen molar-refractivity contribution in [3.8, 4) is 0 Å². The minimum atomic E-state index is 0.257. The maximum Gasteiger partial charge on any atom is 0.0759 e. The first-order valence-corrected chi connectivity index (χ1v) is 7.26. The number of nitrogens with one attached hydrogen (secondary N) is 1. The van der Waals surface area contributed by atoms with Crippen LogP contribution in [0.1, 0.15) is 39.5 Å². The topological polar surface area (TPSA) is 24.5 Å². The van der Waals surface area contributed by atoms with Gasteiger partial charge in [-0.1, -0.05) is 0 Å².